The van der Waals surface area contributed by atoms with Crippen molar-refractivity contribution < 1.29 is 0 Å². The number of thiophene rings is 1. The number of nitrogens with zero attached hydrogens (tertiary/aromatic N) is 3. The number of hydrogen-bond donors (Lipinski definition) is 1. The van der Waals surface area contributed by atoms with Gasteiger partial charge in [-0.05, 0) is 35.7 Å². The molecule has 1 unspecified atom stereocenters. The van der Waals surface area contributed by atoms with Crippen molar-refractivity contribution in [2.75, 3.05) is 5.32 Å². The van der Waals surface area contributed by atoms with E-state index >= 15 is 0 Å². The smallest absolute Gasteiger partial charge is 0.182 e. The summed E-state index contributed by atoms with van der Waals surface area (Å²) in [5.74, 6) is 0.553. The average Bonchev–Trinajstić information content (AvgIpc) is 2.82. The Labute approximate surface area is 104 Å². The summed E-state index contributed by atoms with van der Waals surface area (Å²) in [7, 11) is 0. The average molecular weight is 244 g/mol. The summed E-state index contributed by atoms with van der Waals surface area (Å²) in [5.41, 5.74) is 1.63. The lowest BCUT2D eigenvalue weighted by Gasteiger charge is -2.13. The molecule has 0 aliphatic heterocycles. The molecule has 86 valence electrons. The Morgan fingerprint density at radius 2 is 2.29 bits per heavy atom. The van der Waals surface area contributed by atoms with E-state index in [1.165, 1.54) is 11.8 Å². The van der Waals surface area contributed by atoms with Gasteiger partial charge in [-0.1, -0.05) is 0 Å². The second-order valence-electron chi connectivity index (χ2n) is 3.75. The first-order chi connectivity index (χ1) is 8.29. The molecule has 0 aliphatic carbocycles. The second-order valence-corrected chi connectivity index (χ2v) is 4.53. The number of aromatic nitrogens is 2. The van der Waals surface area contributed by atoms with E-state index < -0.39 is 0 Å². The summed E-state index contributed by atoms with van der Waals surface area (Å²) < 4.78 is 0. The van der Waals surface area contributed by atoms with E-state index in [2.05, 4.69) is 39.0 Å². The summed E-state index contributed by atoms with van der Waals surface area (Å²) in [6.07, 6.45) is 4.01. The van der Waals surface area contributed by atoms with Gasteiger partial charge in [-0.15, -0.1) is 0 Å². The molecule has 0 saturated heterocycles. The molecule has 0 radical (unpaired) electrons. The zero-order valence-corrected chi connectivity index (χ0v) is 10.2. The third-order valence-electron chi connectivity index (χ3n) is 2.31. The molecule has 2 heterocycles. The number of rotatable bonds is 4. The molecular weight excluding hydrogens is 232 g/mol. The minimum absolute atomic E-state index is 0.216. The highest BCUT2D eigenvalue weighted by Crippen LogP contribution is 2.13. The van der Waals surface area contributed by atoms with Crippen LogP contribution in [-0.2, 0) is 6.42 Å². The van der Waals surface area contributed by atoms with E-state index in [-0.39, 0.29) is 6.04 Å². The van der Waals surface area contributed by atoms with Gasteiger partial charge in [0.2, 0.25) is 0 Å². The zero-order valence-electron chi connectivity index (χ0n) is 9.42. The van der Waals surface area contributed by atoms with Crippen molar-refractivity contribution in [2.24, 2.45) is 0 Å². The highest BCUT2D eigenvalue weighted by molar-refractivity contribution is 7.07. The van der Waals surface area contributed by atoms with Crippen molar-refractivity contribution in [3.05, 3.63) is 40.5 Å². The van der Waals surface area contributed by atoms with Crippen molar-refractivity contribution >= 4 is 17.2 Å². The maximum absolute atomic E-state index is 8.90. The van der Waals surface area contributed by atoms with E-state index in [0.717, 1.165) is 6.42 Å². The zero-order chi connectivity index (χ0) is 12.1. The normalized spacial score (nSPS) is 11.8. The van der Waals surface area contributed by atoms with Crippen LogP contribution in [0, 0.1) is 11.3 Å². The van der Waals surface area contributed by atoms with Gasteiger partial charge in [0.25, 0.3) is 0 Å². The van der Waals surface area contributed by atoms with Gasteiger partial charge in [-0.2, -0.15) is 16.6 Å². The van der Waals surface area contributed by atoms with Crippen molar-refractivity contribution in [3.8, 4) is 6.07 Å². The molecule has 0 aliphatic rings. The van der Waals surface area contributed by atoms with Crippen LogP contribution in [0.1, 0.15) is 18.2 Å². The SMILES string of the molecule is CC(Cc1ccsc1)Nc1nccnc1C#N. The van der Waals surface area contributed by atoms with Gasteiger partial charge in [0.1, 0.15) is 6.07 Å². The highest BCUT2D eigenvalue weighted by Gasteiger charge is 2.08. The molecule has 2 aromatic rings. The fourth-order valence-corrected chi connectivity index (χ4v) is 2.25. The summed E-state index contributed by atoms with van der Waals surface area (Å²) in [6.45, 7) is 2.06. The van der Waals surface area contributed by atoms with E-state index in [1.54, 1.807) is 17.5 Å². The van der Waals surface area contributed by atoms with Crippen LogP contribution < -0.4 is 5.32 Å². The van der Waals surface area contributed by atoms with Gasteiger partial charge in [0.05, 0.1) is 0 Å². The lowest BCUT2D eigenvalue weighted by atomic mass is 10.1. The van der Waals surface area contributed by atoms with Gasteiger partial charge >= 0.3 is 0 Å². The summed E-state index contributed by atoms with van der Waals surface area (Å²) in [4.78, 5) is 8.09. The van der Waals surface area contributed by atoms with Crippen molar-refractivity contribution in [3.63, 3.8) is 0 Å². The number of anilines is 1. The summed E-state index contributed by atoms with van der Waals surface area (Å²) in [6, 6.07) is 4.34. The second kappa shape index (κ2) is 5.41. The van der Waals surface area contributed by atoms with Crippen LogP contribution in [0.25, 0.3) is 0 Å². The molecule has 0 bridgehead atoms. The molecule has 1 atom stereocenters. The van der Waals surface area contributed by atoms with E-state index in [0.29, 0.717) is 11.5 Å². The number of nitrogens with one attached hydrogen (secondary N) is 1. The fraction of sp³-hybridized carbons (Fsp3) is 0.250. The molecule has 0 amide bonds. The third kappa shape index (κ3) is 3.02. The fourth-order valence-electron chi connectivity index (χ4n) is 1.57. The minimum atomic E-state index is 0.216. The molecule has 2 aromatic heterocycles. The quantitative estimate of drug-likeness (QED) is 0.897. The molecule has 0 aromatic carbocycles. The van der Waals surface area contributed by atoms with E-state index in [9.17, 15) is 0 Å². The van der Waals surface area contributed by atoms with Crippen LogP contribution in [-0.4, -0.2) is 16.0 Å². The largest absolute Gasteiger partial charge is 0.365 e. The predicted octanol–water partition coefficient (Wildman–Crippen LogP) is 2.45. The van der Waals surface area contributed by atoms with Gasteiger partial charge in [0, 0.05) is 18.4 Å². The Kier molecular flexibility index (Phi) is 3.68. The Bertz CT molecular complexity index is 516. The number of hydrogen-bond acceptors (Lipinski definition) is 5. The van der Waals surface area contributed by atoms with Crippen LogP contribution in [0.5, 0.6) is 0 Å². The Morgan fingerprint density at radius 1 is 1.47 bits per heavy atom. The van der Waals surface area contributed by atoms with Gasteiger partial charge in [0.15, 0.2) is 11.5 Å². The predicted molar refractivity (Wildman–Crippen MR) is 67.9 cm³/mol. The lowest BCUT2D eigenvalue weighted by Crippen LogP contribution is -2.19. The molecule has 4 nitrogen and oxygen atoms in total. The van der Waals surface area contributed by atoms with Crippen molar-refractivity contribution in [2.45, 2.75) is 19.4 Å². The van der Waals surface area contributed by atoms with Crippen LogP contribution in [0.4, 0.5) is 5.82 Å². The Balaban J connectivity index is 2.03. The first-order valence-electron chi connectivity index (χ1n) is 5.28. The summed E-state index contributed by atoms with van der Waals surface area (Å²) >= 11 is 1.69. The molecule has 17 heavy (non-hydrogen) atoms. The molecule has 0 saturated carbocycles. The molecule has 1 N–H and O–H groups in total. The molecular formula is C12H12N4S. The van der Waals surface area contributed by atoms with Crippen LogP contribution in [0.2, 0.25) is 0 Å². The van der Waals surface area contributed by atoms with Gasteiger partial charge in [-0.3, -0.25) is 0 Å². The van der Waals surface area contributed by atoms with E-state index in [1.807, 2.05) is 6.07 Å². The molecule has 5 heteroatoms. The van der Waals surface area contributed by atoms with Crippen LogP contribution >= 0.6 is 11.3 Å². The maximum atomic E-state index is 8.90. The van der Waals surface area contributed by atoms with Crippen LogP contribution in [0.15, 0.2) is 29.2 Å². The minimum Gasteiger partial charge on any atom is -0.365 e. The van der Waals surface area contributed by atoms with Crippen molar-refractivity contribution in [1.29, 1.82) is 5.26 Å². The third-order valence-corrected chi connectivity index (χ3v) is 3.04. The van der Waals surface area contributed by atoms with E-state index in [4.69, 9.17) is 5.26 Å². The molecule has 2 rings (SSSR count). The molecule has 0 fully saturated rings. The van der Waals surface area contributed by atoms with Crippen molar-refractivity contribution in [1.82, 2.24) is 9.97 Å². The van der Waals surface area contributed by atoms with Gasteiger partial charge in [-0.25, -0.2) is 9.97 Å². The summed E-state index contributed by atoms with van der Waals surface area (Å²) in [5, 5.41) is 16.3. The standard InChI is InChI=1S/C12H12N4S/c1-9(6-10-2-5-17-8-10)16-12-11(7-13)14-3-4-15-12/h2-5,8-9H,6H2,1H3,(H,15,16). The monoisotopic (exact) mass is 244 g/mol. The first kappa shape index (κ1) is 11.6. The Hall–Kier alpha value is -1.93. The highest BCUT2D eigenvalue weighted by atomic mass is 32.1. The maximum Gasteiger partial charge on any atom is 0.182 e. The topological polar surface area (TPSA) is 61.6 Å². The van der Waals surface area contributed by atoms with Crippen LogP contribution in [0.3, 0.4) is 0 Å². The molecule has 0 spiro atoms. The lowest BCUT2D eigenvalue weighted by molar-refractivity contribution is 0.784. The Morgan fingerprint density at radius 3 is 3.00 bits per heavy atom. The van der Waals surface area contributed by atoms with Gasteiger partial charge < -0.3 is 5.32 Å². The first-order valence-corrected chi connectivity index (χ1v) is 6.22. The number of nitriles is 1.